The zero-order valence-corrected chi connectivity index (χ0v) is 12.2. The molecule has 0 spiro atoms. The second kappa shape index (κ2) is 7.10. The molecular formula is C13H24ClN3O2. The van der Waals surface area contributed by atoms with Crippen molar-refractivity contribution in [1.82, 2.24) is 10.2 Å². The summed E-state index contributed by atoms with van der Waals surface area (Å²) < 4.78 is 0. The maximum atomic E-state index is 12.0. The Hall–Kier alpha value is -0.810. The van der Waals surface area contributed by atoms with Gasteiger partial charge in [-0.3, -0.25) is 9.59 Å². The summed E-state index contributed by atoms with van der Waals surface area (Å²) in [5.41, 5.74) is 5.48. The number of halogens is 1. The minimum Gasteiger partial charge on any atom is -0.352 e. The van der Waals surface area contributed by atoms with Crippen LogP contribution in [-0.4, -0.2) is 41.9 Å². The highest BCUT2D eigenvalue weighted by Crippen LogP contribution is 2.29. The van der Waals surface area contributed by atoms with Gasteiger partial charge in [-0.25, -0.2) is 0 Å². The van der Waals surface area contributed by atoms with E-state index in [-0.39, 0.29) is 36.2 Å². The molecule has 0 aromatic carbocycles. The SMILES string of the molecule is C[C@@H](CN)NC(=O)C1CC(=O)N(C2CCCC2)C1.Cl. The summed E-state index contributed by atoms with van der Waals surface area (Å²) in [5, 5.41) is 2.86. The molecule has 1 heterocycles. The van der Waals surface area contributed by atoms with Gasteiger partial charge in [0, 0.05) is 31.6 Å². The second-order valence-electron chi connectivity index (χ2n) is 5.53. The summed E-state index contributed by atoms with van der Waals surface area (Å²) >= 11 is 0. The smallest absolute Gasteiger partial charge is 0.225 e. The van der Waals surface area contributed by atoms with Crippen LogP contribution in [0.4, 0.5) is 0 Å². The molecule has 1 saturated heterocycles. The number of hydrogen-bond acceptors (Lipinski definition) is 3. The van der Waals surface area contributed by atoms with Gasteiger partial charge in [0.2, 0.25) is 11.8 Å². The molecule has 0 bridgehead atoms. The predicted molar refractivity (Wildman–Crippen MR) is 76.0 cm³/mol. The number of nitrogens with zero attached hydrogens (tertiary/aromatic N) is 1. The summed E-state index contributed by atoms with van der Waals surface area (Å²) in [5.74, 6) is -0.0728. The summed E-state index contributed by atoms with van der Waals surface area (Å²) in [6.07, 6.45) is 4.96. The molecule has 2 rings (SSSR count). The van der Waals surface area contributed by atoms with Gasteiger partial charge in [-0.15, -0.1) is 12.4 Å². The van der Waals surface area contributed by atoms with Crippen LogP contribution < -0.4 is 11.1 Å². The van der Waals surface area contributed by atoms with E-state index in [0.717, 1.165) is 12.8 Å². The molecule has 1 aliphatic carbocycles. The molecule has 2 aliphatic rings. The minimum atomic E-state index is -0.188. The molecule has 0 aromatic heterocycles. The molecule has 2 fully saturated rings. The fourth-order valence-electron chi connectivity index (χ4n) is 2.90. The molecule has 0 aromatic rings. The van der Waals surface area contributed by atoms with Gasteiger partial charge in [-0.05, 0) is 19.8 Å². The van der Waals surface area contributed by atoms with Crippen molar-refractivity contribution in [2.45, 2.75) is 51.1 Å². The van der Waals surface area contributed by atoms with Crippen LogP contribution in [0.2, 0.25) is 0 Å². The Morgan fingerprint density at radius 3 is 2.68 bits per heavy atom. The van der Waals surface area contributed by atoms with E-state index in [4.69, 9.17) is 5.73 Å². The van der Waals surface area contributed by atoms with Crippen LogP contribution in [0.5, 0.6) is 0 Å². The monoisotopic (exact) mass is 289 g/mol. The first-order valence-corrected chi connectivity index (χ1v) is 6.91. The van der Waals surface area contributed by atoms with Crippen LogP contribution in [0.15, 0.2) is 0 Å². The van der Waals surface area contributed by atoms with Crippen LogP contribution in [-0.2, 0) is 9.59 Å². The molecule has 110 valence electrons. The van der Waals surface area contributed by atoms with Crippen molar-refractivity contribution in [2.24, 2.45) is 11.7 Å². The number of likely N-dealkylation sites (tertiary alicyclic amines) is 1. The number of hydrogen-bond donors (Lipinski definition) is 2. The highest BCUT2D eigenvalue weighted by molar-refractivity contribution is 5.89. The first kappa shape index (κ1) is 16.2. The molecule has 6 heteroatoms. The number of carbonyl (C=O) groups excluding carboxylic acids is 2. The fraction of sp³-hybridized carbons (Fsp3) is 0.846. The van der Waals surface area contributed by atoms with Crippen molar-refractivity contribution in [3.8, 4) is 0 Å². The summed E-state index contributed by atoms with van der Waals surface area (Å²) in [7, 11) is 0. The Morgan fingerprint density at radius 2 is 2.11 bits per heavy atom. The molecule has 5 nitrogen and oxygen atoms in total. The highest BCUT2D eigenvalue weighted by atomic mass is 35.5. The summed E-state index contributed by atoms with van der Waals surface area (Å²) in [4.78, 5) is 25.8. The first-order valence-electron chi connectivity index (χ1n) is 6.91. The van der Waals surface area contributed by atoms with E-state index >= 15 is 0 Å². The minimum absolute atomic E-state index is 0. The molecule has 19 heavy (non-hydrogen) atoms. The van der Waals surface area contributed by atoms with Crippen molar-refractivity contribution < 1.29 is 9.59 Å². The van der Waals surface area contributed by atoms with Crippen molar-refractivity contribution in [1.29, 1.82) is 0 Å². The average molecular weight is 290 g/mol. The third-order valence-electron chi connectivity index (χ3n) is 4.04. The molecule has 1 unspecified atom stereocenters. The van der Waals surface area contributed by atoms with Crippen LogP contribution in [0.3, 0.4) is 0 Å². The van der Waals surface area contributed by atoms with Gasteiger partial charge in [-0.2, -0.15) is 0 Å². The van der Waals surface area contributed by atoms with Gasteiger partial charge in [-0.1, -0.05) is 12.8 Å². The van der Waals surface area contributed by atoms with Crippen LogP contribution in [0, 0.1) is 5.92 Å². The third kappa shape index (κ3) is 3.83. The predicted octanol–water partition coefficient (Wildman–Crippen LogP) is 0.663. The lowest BCUT2D eigenvalue weighted by Crippen LogP contribution is -2.42. The maximum Gasteiger partial charge on any atom is 0.225 e. The Labute approximate surface area is 120 Å². The van der Waals surface area contributed by atoms with Gasteiger partial charge in [0.15, 0.2) is 0 Å². The maximum absolute atomic E-state index is 12.0. The lowest BCUT2D eigenvalue weighted by Gasteiger charge is -2.24. The van der Waals surface area contributed by atoms with E-state index in [0.29, 0.717) is 25.6 Å². The van der Waals surface area contributed by atoms with Gasteiger partial charge in [0.25, 0.3) is 0 Å². The van der Waals surface area contributed by atoms with E-state index < -0.39 is 0 Å². The standard InChI is InChI=1S/C13H23N3O2.ClH/c1-9(7-14)15-13(18)10-6-12(17)16(8-10)11-4-2-3-5-11;/h9-11H,2-8,14H2,1H3,(H,15,18);1H/t9-,10?;/m0./s1. The average Bonchev–Trinajstić information content (AvgIpc) is 2.97. The van der Waals surface area contributed by atoms with Crippen LogP contribution >= 0.6 is 12.4 Å². The quantitative estimate of drug-likeness (QED) is 0.798. The van der Waals surface area contributed by atoms with Crippen molar-refractivity contribution in [3.05, 3.63) is 0 Å². The number of nitrogens with two attached hydrogens (primary N) is 1. The van der Waals surface area contributed by atoms with Gasteiger partial charge in [0.1, 0.15) is 0 Å². The largest absolute Gasteiger partial charge is 0.352 e. The Bertz CT molecular complexity index is 332. The molecule has 1 aliphatic heterocycles. The summed E-state index contributed by atoms with van der Waals surface area (Å²) in [6, 6.07) is 0.357. The lowest BCUT2D eigenvalue weighted by atomic mass is 10.1. The lowest BCUT2D eigenvalue weighted by molar-refractivity contribution is -0.130. The van der Waals surface area contributed by atoms with Crippen LogP contribution in [0.25, 0.3) is 0 Å². The molecule has 1 saturated carbocycles. The Kier molecular flexibility index (Phi) is 6.07. The van der Waals surface area contributed by atoms with Gasteiger partial charge < -0.3 is 16.0 Å². The third-order valence-corrected chi connectivity index (χ3v) is 4.04. The van der Waals surface area contributed by atoms with E-state index in [1.165, 1.54) is 12.8 Å². The summed E-state index contributed by atoms with van der Waals surface area (Å²) in [6.45, 7) is 2.90. The molecule has 2 atom stereocenters. The highest BCUT2D eigenvalue weighted by Gasteiger charge is 2.38. The number of nitrogens with one attached hydrogen (secondary N) is 1. The van der Waals surface area contributed by atoms with Gasteiger partial charge >= 0.3 is 0 Å². The molecule has 3 N–H and O–H groups in total. The number of rotatable bonds is 4. The topological polar surface area (TPSA) is 75.4 Å². The van der Waals surface area contributed by atoms with E-state index in [1.54, 1.807) is 0 Å². The van der Waals surface area contributed by atoms with E-state index in [2.05, 4.69) is 5.32 Å². The Morgan fingerprint density at radius 1 is 1.47 bits per heavy atom. The normalized spacial score (nSPS) is 25.3. The Balaban J connectivity index is 0.00000180. The van der Waals surface area contributed by atoms with Crippen molar-refractivity contribution >= 4 is 24.2 Å². The molecular weight excluding hydrogens is 266 g/mol. The number of amides is 2. The first-order chi connectivity index (χ1) is 8.61. The molecule has 0 radical (unpaired) electrons. The zero-order chi connectivity index (χ0) is 13.1. The zero-order valence-electron chi connectivity index (χ0n) is 11.4. The van der Waals surface area contributed by atoms with Crippen molar-refractivity contribution in [3.63, 3.8) is 0 Å². The van der Waals surface area contributed by atoms with Crippen LogP contribution in [0.1, 0.15) is 39.0 Å². The van der Waals surface area contributed by atoms with Gasteiger partial charge in [0.05, 0.1) is 5.92 Å². The van der Waals surface area contributed by atoms with E-state index in [1.807, 2.05) is 11.8 Å². The van der Waals surface area contributed by atoms with Crippen molar-refractivity contribution in [2.75, 3.05) is 13.1 Å². The molecule has 2 amide bonds. The number of carbonyl (C=O) groups is 2. The van der Waals surface area contributed by atoms with E-state index in [9.17, 15) is 9.59 Å². The fourth-order valence-corrected chi connectivity index (χ4v) is 2.90. The second-order valence-corrected chi connectivity index (χ2v) is 5.53.